The molecular formula is C30H31NO6. The van der Waals surface area contributed by atoms with Crippen LogP contribution < -0.4 is 4.74 Å². The number of hydrogen-bond donors (Lipinski definition) is 0. The van der Waals surface area contributed by atoms with Gasteiger partial charge < -0.3 is 14.2 Å². The van der Waals surface area contributed by atoms with Crippen LogP contribution in [0.15, 0.2) is 78.9 Å². The second-order valence-electron chi connectivity index (χ2n) is 9.03. The Labute approximate surface area is 217 Å². The maximum atomic E-state index is 13.5. The van der Waals surface area contributed by atoms with E-state index in [-0.39, 0.29) is 25.2 Å². The number of carbonyl (C=O) groups excluding carboxylic acids is 3. The average Bonchev–Trinajstić information content (AvgIpc) is 3.30. The molecule has 0 N–H and O–H groups in total. The van der Waals surface area contributed by atoms with Gasteiger partial charge in [-0.2, -0.15) is 0 Å². The number of methoxy groups -OCH3 is 1. The van der Waals surface area contributed by atoms with Crippen molar-refractivity contribution in [2.24, 2.45) is 5.92 Å². The summed E-state index contributed by atoms with van der Waals surface area (Å²) < 4.78 is 16.1. The van der Waals surface area contributed by atoms with Crippen molar-refractivity contribution in [3.05, 3.63) is 101 Å². The van der Waals surface area contributed by atoms with Crippen LogP contribution in [-0.2, 0) is 33.7 Å². The molecule has 3 aromatic rings. The summed E-state index contributed by atoms with van der Waals surface area (Å²) in [6, 6.07) is 24.0. The molecule has 7 heteroatoms. The third-order valence-corrected chi connectivity index (χ3v) is 6.53. The molecule has 1 fully saturated rings. The van der Waals surface area contributed by atoms with Gasteiger partial charge in [-0.3, -0.25) is 4.79 Å². The summed E-state index contributed by atoms with van der Waals surface area (Å²) in [7, 11) is 1.49. The van der Waals surface area contributed by atoms with Crippen LogP contribution >= 0.6 is 0 Å². The van der Waals surface area contributed by atoms with Crippen LogP contribution in [0.25, 0.3) is 0 Å². The number of imide groups is 1. The third-order valence-electron chi connectivity index (χ3n) is 6.53. The fourth-order valence-corrected chi connectivity index (χ4v) is 4.50. The molecule has 37 heavy (non-hydrogen) atoms. The molecular weight excluding hydrogens is 470 g/mol. The van der Waals surface area contributed by atoms with Crippen LogP contribution in [0.3, 0.4) is 0 Å². The molecule has 4 rings (SSSR count). The molecule has 1 saturated heterocycles. The van der Waals surface area contributed by atoms with Crippen molar-refractivity contribution in [3.8, 4) is 5.75 Å². The Morgan fingerprint density at radius 3 is 2.30 bits per heavy atom. The Morgan fingerprint density at radius 1 is 0.973 bits per heavy atom. The van der Waals surface area contributed by atoms with Crippen molar-refractivity contribution in [1.29, 1.82) is 0 Å². The van der Waals surface area contributed by atoms with Gasteiger partial charge in [0.1, 0.15) is 24.5 Å². The fraction of sp³-hybridized carbons (Fsp3) is 0.300. The standard InChI is InChI=1S/C30H31NO6/c1-3-24(28(32)31-25(20-37-30(31)34)17-21-10-6-4-7-11-21)16-23-14-15-27(35-2)26(18-23)29(33)36-19-22-12-8-5-9-13-22/h4-15,18,24-25H,3,16-17,19-20H2,1-2H3. The van der Waals surface area contributed by atoms with Gasteiger partial charge in [0.25, 0.3) is 0 Å². The van der Waals surface area contributed by atoms with Gasteiger partial charge in [0, 0.05) is 5.92 Å². The molecule has 1 aliphatic heterocycles. The van der Waals surface area contributed by atoms with E-state index in [4.69, 9.17) is 14.2 Å². The van der Waals surface area contributed by atoms with Gasteiger partial charge >= 0.3 is 12.1 Å². The molecule has 0 bridgehead atoms. The van der Waals surface area contributed by atoms with Gasteiger partial charge in [-0.15, -0.1) is 0 Å². The smallest absolute Gasteiger partial charge is 0.416 e. The molecule has 192 valence electrons. The first-order chi connectivity index (χ1) is 18.0. The zero-order valence-electron chi connectivity index (χ0n) is 21.1. The largest absolute Gasteiger partial charge is 0.496 e. The monoisotopic (exact) mass is 501 g/mol. The number of cyclic esters (lactones) is 1. The number of hydrogen-bond acceptors (Lipinski definition) is 6. The van der Waals surface area contributed by atoms with Crippen LogP contribution in [0.1, 0.15) is 40.4 Å². The molecule has 0 radical (unpaired) electrons. The average molecular weight is 502 g/mol. The number of nitrogens with zero attached hydrogens (tertiary/aromatic N) is 1. The second-order valence-corrected chi connectivity index (χ2v) is 9.03. The highest BCUT2D eigenvalue weighted by Gasteiger charge is 2.40. The molecule has 3 aromatic carbocycles. The molecule has 0 saturated carbocycles. The number of rotatable bonds is 10. The highest BCUT2D eigenvalue weighted by molar-refractivity contribution is 5.95. The van der Waals surface area contributed by atoms with Gasteiger partial charge in [0.05, 0.1) is 13.2 Å². The first-order valence-corrected chi connectivity index (χ1v) is 12.4. The summed E-state index contributed by atoms with van der Waals surface area (Å²) in [5.41, 5.74) is 2.98. The highest BCUT2D eigenvalue weighted by Crippen LogP contribution is 2.26. The van der Waals surface area contributed by atoms with E-state index in [0.29, 0.717) is 30.6 Å². The number of benzene rings is 3. The molecule has 2 unspecified atom stereocenters. The number of ether oxygens (including phenoxy) is 3. The summed E-state index contributed by atoms with van der Waals surface area (Å²) in [6.07, 6.45) is 0.819. The molecule has 1 heterocycles. The van der Waals surface area contributed by atoms with E-state index in [1.807, 2.05) is 73.7 Å². The highest BCUT2D eigenvalue weighted by atomic mass is 16.6. The van der Waals surface area contributed by atoms with E-state index in [0.717, 1.165) is 16.7 Å². The van der Waals surface area contributed by atoms with E-state index < -0.39 is 18.0 Å². The summed E-state index contributed by atoms with van der Waals surface area (Å²) in [5, 5.41) is 0. The SMILES string of the molecule is CCC(Cc1ccc(OC)c(C(=O)OCc2ccccc2)c1)C(=O)N1C(=O)OCC1Cc1ccccc1. The van der Waals surface area contributed by atoms with E-state index in [1.54, 1.807) is 12.1 Å². The third kappa shape index (κ3) is 6.36. The zero-order chi connectivity index (χ0) is 26.2. The van der Waals surface area contributed by atoms with Crippen LogP contribution in [0.5, 0.6) is 5.75 Å². The Kier molecular flexibility index (Phi) is 8.56. The van der Waals surface area contributed by atoms with E-state index in [2.05, 4.69) is 0 Å². The molecule has 1 aliphatic rings. The number of esters is 1. The Balaban J connectivity index is 1.48. The first kappa shape index (κ1) is 25.9. The number of amides is 2. The minimum atomic E-state index is -0.607. The van der Waals surface area contributed by atoms with Gasteiger partial charge in [0.2, 0.25) is 5.91 Å². The minimum Gasteiger partial charge on any atom is -0.496 e. The Morgan fingerprint density at radius 2 is 1.65 bits per heavy atom. The predicted octanol–water partition coefficient (Wildman–Crippen LogP) is 5.21. The number of carbonyl (C=O) groups is 3. The summed E-state index contributed by atoms with van der Waals surface area (Å²) in [4.78, 5) is 40.1. The van der Waals surface area contributed by atoms with Gasteiger partial charge in [-0.25, -0.2) is 14.5 Å². The predicted molar refractivity (Wildman–Crippen MR) is 138 cm³/mol. The lowest BCUT2D eigenvalue weighted by Gasteiger charge is -2.24. The van der Waals surface area contributed by atoms with Crippen molar-refractivity contribution in [3.63, 3.8) is 0 Å². The lowest BCUT2D eigenvalue weighted by atomic mass is 9.93. The quantitative estimate of drug-likeness (QED) is 0.355. The van der Waals surface area contributed by atoms with Gasteiger partial charge in [-0.1, -0.05) is 73.7 Å². The fourth-order valence-electron chi connectivity index (χ4n) is 4.50. The van der Waals surface area contributed by atoms with Crippen LogP contribution in [0.2, 0.25) is 0 Å². The maximum Gasteiger partial charge on any atom is 0.416 e. The zero-order valence-corrected chi connectivity index (χ0v) is 21.1. The van der Waals surface area contributed by atoms with Crippen molar-refractivity contribution in [2.45, 2.75) is 38.8 Å². The van der Waals surface area contributed by atoms with Crippen molar-refractivity contribution in [2.75, 3.05) is 13.7 Å². The molecule has 7 nitrogen and oxygen atoms in total. The lowest BCUT2D eigenvalue weighted by molar-refractivity contribution is -0.133. The topological polar surface area (TPSA) is 82.1 Å². The van der Waals surface area contributed by atoms with E-state index >= 15 is 0 Å². The Hall–Kier alpha value is -4.13. The molecule has 0 aromatic heterocycles. The summed E-state index contributed by atoms with van der Waals surface area (Å²) in [5.74, 6) is -0.833. The van der Waals surface area contributed by atoms with E-state index in [1.165, 1.54) is 12.0 Å². The molecule has 0 spiro atoms. The lowest BCUT2D eigenvalue weighted by Crippen LogP contribution is -2.44. The molecule has 0 aliphatic carbocycles. The van der Waals surface area contributed by atoms with Gasteiger partial charge in [0.15, 0.2) is 0 Å². The van der Waals surface area contributed by atoms with Crippen LogP contribution in [0.4, 0.5) is 4.79 Å². The Bertz CT molecular complexity index is 1230. The van der Waals surface area contributed by atoms with E-state index in [9.17, 15) is 14.4 Å². The van der Waals surface area contributed by atoms with Crippen molar-refractivity contribution >= 4 is 18.0 Å². The van der Waals surface area contributed by atoms with Crippen LogP contribution in [0, 0.1) is 5.92 Å². The first-order valence-electron chi connectivity index (χ1n) is 12.4. The normalized spacial score (nSPS) is 15.7. The maximum absolute atomic E-state index is 13.5. The van der Waals surface area contributed by atoms with Gasteiger partial charge in [-0.05, 0) is 48.1 Å². The van der Waals surface area contributed by atoms with Crippen molar-refractivity contribution in [1.82, 2.24) is 4.90 Å². The van der Waals surface area contributed by atoms with Crippen LogP contribution in [-0.4, -0.2) is 42.6 Å². The summed E-state index contributed by atoms with van der Waals surface area (Å²) >= 11 is 0. The minimum absolute atomic E-state index is 0.142. The van der Waals surface area contributed by atoms with Crippen molar-refractivity contribution < 1.29 is 28.6 Å². The molecule has 2 atom stereocenters. The second kappa shape index (κ2) is 12.2. The molecule has 2 amide bonds. The summed E-state index contributed by atoms with van der Waals surface area (Å²) in [6.45, 7) is 2.23.